The molecule has 6 nitrogen and oxygen atoms in total. The number of carbonyl (C=O) groups excluding carboxylic acids is 2. The summed E-state index contributed by atoms with van der Waals surface area (Å²) in [5.74, 6) is 0.375. The molecule has 4 N–H and O–H groups in total. The number of amides is 2. The van der Waals surface area contributed by atoms with Crippen LogP contribution < -0.4 is 21.3 Å². The highest BCUT2D eigenvalue weighted by Crippen LogP contribution is 2.11. The van der Waals surface area contributed by atoms with Crippen LogP contribution in [0.15, 0.2) is 0 Å². The molecule has 2 atom stereocenters. The number of hydrogen-bond acceptors (Lipinski definition) is 4. The largest absolute Gasteiger partial charge is 0.355 e. The summed E-state index contributed by atoms with van der Waals surface area (Å²) in [6.07, 6.45) is 16.6. The number of carbonyl (C=O) groups is 2. The summed E-state index contributed by atoms with van der Waals surface area (Å²) >= 11 is 0. The second-order valence-corrected chi connectivity index (χ2v) is 8.42. The predicted octanol–water partition coefficient (Wildman–Crippen LogP) is 2.62. The van der Waals surface area contributed by atoms with E-state index < -0.39 is 0 Å². The van der Waals surface area contributed by atoms with Crippen LogP contribution in [-0.4, -0.2) is 50.1 Å². The van der Waals surface area contributed by atoms with Crippen molar-refractivity contribution in [3.8, 4) is 0 Å². The lowest BCUT2D eigenvalue weighted by Crippen LogP contribution is -2.40. The summed E-state index contributed by atoms with van der Waals surface area (Å²) in [6.45, 7) is 3.61. The van der Waals surface area contributed by atoms with Crippen molar-refractivity contribution in [2.24, 2.45) is 0 Å². The van der Waals surface area contributed by atoms with Gasteiger partial charge in [-0.15, -0.1) is 0 Å². The van der Waals surface area contributed by atoms with Crippen molar-refractivity contribution in [2.45, 2.75) is 102 Å². The van der Waals surface area contributed by atoms with E-state index in [4.69, 9.17) is 0 Å². The predicted molar refractivity (Wildman–Crippen MR) is 114 cm³/mol. The van der Waals surface area contributed by atoms with E-state index in [1.54, 1.807) is 0 Å². The quantitative estimate of drug-likeness (QED) is 0.322. The van der Waals surface area contributed by atoms with E-state index in [0.29, 0.717) is 0 Å². The first-order valence-corrected chi connectivity index (χ1v) is 11.8. The van der Waals surface area contributed by atoms with Crippen molar-refractivity contribution in [1.82, 2.24) is 21.3 Å². The van der Waals surface area contributed by atoms with Gasteiger partial charge in [-0.1, -0.05) is 51.4 Å². The van der Waals surface area contributed by atoms with Gasteiger partial charge in [0.1, 0.15) is 0 Å². The molecule has 0 spiro atoms. The highest BCUT2D eigenvalue weighted by Gasteiger charge is 2.21. The van der Waals surface area contributed by atoms with Gasteiger partial charge in [0.2, 0.25) is 11.8 Å². The molecule has 2 amide bonds. The Labute approximate surface area is 171 Å². The lowest BCUT2D eigenvalue weighted by atomic mass is 10.1. The van der Waals surface area contributed by atoms with Crippen molar-refractivity contribution < 1.29 is 9.59 Å². The summed E-state index contributed by atoms with van der Waals surface area (Å²) < 4.78 is 0. The molecule has 0 aromatic carbocycles. The lowest BCUT2D eigenvalue weighted by Gasteiger charge is -2.11. The lowest BCUT2D eigenvalue weighted by molar-refractivity contribution is -0.123. The Kier molecular flexibility index (Phi) is 12.2. The average molecular weight is 395 g/mol. The third kappa shape index (κ3) is 9.87. The molecule has 162 valence electrons. The van der Waals surface area contributed by atoms with Crippen molar-refractivity contribution in [2.75, 3.05) is 26.2 Å². The minimum absolute atomic E-state index is 0.0561. The van der Waals surface area contributed by atoms with Crippen LogP contribution in [0.5, 0.6) is 0 Å². The normalized spacial score (nSPS) is 21.7. The Balaban J connectivity index is 1.26. The fourth-order valence-electron chi connectivity index (χ4n) is 4.15. The highest BCUT2D eigenvalue weighted by atomic mass is 16.2. The van der Waals surface area contributed by atoms with Crippen LogP contribution in [0.4, 0.5) is 0 Å². The van der Waals surface area contributed by atoms with Gasteiger partial charge in [-0.25, -0.2) is 0 Å². The average Bonchev–Trinajstić information content (AvgIpc) is 3.41. The molecule has 2 heterocycles. The monoisotopic (exact) mass is 394 g/mol. The summed E-state index contributed by atoms with van der Waals surface area (Å²) in [7, 11) is 0. The Bertz CT molecular complexity index is 392. The van der Waals surface area contributed by atoms with Crippen LogP contribution >= 0.6 is 0 Å². The highest BCUT2D eigenvalue weighted by molar-refractivity contribution is 5.82. The van der Waals surface area contributed by atoms with E-state index in [1.165, 1.54) is 51.4 Å². The molecular weight excluding hydrogens is 352 g/mol. The molecule has 2 rings (SSSR count). The van der Waals surface area contributed by atoms with Crippen molar-refractivity contribution in [1.29, 1.82) is 0 Å². The molecule has 0 aromatic rings. The summed E-state index contributed by atoms with van der Waals surface area (Å²) in [5, 5.41) is 12.6. The van der Waals surface area contributed by atoms with Gasteiger partial charge in [-0.05, 0) is 51.6 Å². The maximum Gasteiger partial charge on any atom is 0.237 e. The molecule has 2 saturated heterocycles. The van der Waals surface area contributed by atoms with E-state index in [9.17, 15) is 9.59 Å². The van der Waals surface area contributed by atoms with Crippen LogP contribution in [0.3, 0.4) is 0 Å². The first kappa shape index (κ1) is 23.1. The van der Waals surface area contributed by atoms with Crippen LogP contribution in [0.2, 0.25) is 0 Å². The van der Waals surface area contributed by atoms with Gasteiger partial charge in [-0.3, -0.25) is 9.59 Å². The molecule has 0 aromatic heterocycles. The standard InChI is InChI=1S/C22H42N4O2/c27-21(19-13-11-17-23-19)25-15-9-7-5-3-1-2-4-6-8-10-16-26-22(28)20-14-12-18-24-20/h19-20,23-24H,1-18H2,(H,25,27)(H,26,28). The van der Waals surface area contributed by atoms with Gasteiger partial charge >= 0.3 is 0 Å². The van der Waals surface area contributed by atoms with Crippen molar-refractivity contribution >= 4 is 11.8 Å². The molecule has 6 heteroatoms. The Hall–Kier alpha value is -1.14. The molecule has 2 aliphatic heterocycles. The first-order chi connectivity index (χ1) is 13.8. The molecule has 28 heavy (non-hydrogen) atoms. The van der Waals surface area contributed by atoms with Crippen LogP contribution in [-0.2, 0) is 9.59 Å². The van der Waals surface area contributed by atoms with E-state index in [2.05, 4.69) is 21.3 Å². The maximum absolute atomic E-state index is 11.8. The number of unbranched alkanes of at least 4 members (excludes halogenated alkanes) is 9. The Morgan fingerprint density at radius 3 is 1.29 bits per heavy atom. The minimum atomic E-state index is 0.0561. The Morgan fingerprint density at radius 2 is 0.964 bits per heavy atom. The number of hydrogen-bond donors (Lipinski definition) is 4. The summed E-state index contributed by atoms with van der Waals surface area (Å²) in [6, 6.07) is 0.112. The van der Waals surface area contributed by atoms with Gasteiger partial charge in [0.05, 0.1) is 12.1 Å². The molecule has 0 radical (unpaired) electrons. The third-order valence-corrected chi connectivity index (χ3v) is 5.96. The van der Waals surface area contributed by atoms with Gasteiger partial charge in [-0.2, -0.15) is 0 Å². The molecule has 0 bridgehead atoms. The first-order valence-electron chi connectivity index (χ1n) is 11.8. The van der Waals surface area contributed by atoms with Crippen LogP contribution in [0, 0.1) is 0 Å². The summed E-state index contributed by atoms with van der Waals surface area (Å²) in [4.78, 5) is 23.7. The zero-order valence-corrected chi connectivity index (χ0v) is 17.7. The molecule has 2 fully saturated rings. The summed E-state index contributed by atoms with van der Waals surface area (Å²) in [5.41, 5.74) is 0. The minimum Gasteiger partial charge on any atom is -0.355 e. The third-order valence-electron chi connectivity index (χ3n) is 5.96. The molecule has 0 aliphatic carbocycles. The van der Waals surface area contributed by atoms with Crippen molar-refractivity contribution in [3.05, 3.63) is 0 Å². The zero-order chi connectivity index (χ0) is 19.9. The molecule has 2 unspecified atom stereocenters. The van der Waals surface area contributed by atoms with Crippen molar-refractivity contribution in [3.63, 3.8) is 0 Å². The molecule has 2 aliphatic rings. The van der Waals surface area contributed by atoms with E-state index in [-0.39, 0.29) is 23.9 Å². The van der Waals surface area contributed by atoms with Crippen LogP contribution in [0.25, 0.3) is 0 Å². The second-order valence-electron chi connectivity index (χ2n) is 8.42. The van der Waals surface area contributed by atoms with Crippen LogP contribution in [0.1, 0.15) is 89.9 Å². The van der Waals surface area contributed by atoms with Gasteiger partial charge in [0, 0.05) is 13.1 Å². The van der Waals surface area contributed by atoms with Gasteiger partial charge < -0.3 is 21.3 Å². The zero-order valence-electron chi connectivity index (χ0n) is 17.7. The number of nitrogens with one attached hydrogen (secondary N) is 4. The second kappa shape index (κ2) is 14.8. The Morgan fingerprint density at radius 1 is 0.607 bits per heavy atom. The fraction of sp³-hybridized carbons (Fsp3) is 0.909. The number of rotatable bonds is 15. The van der Waals surface area contributed by atoms with E-state index in [0.717, 1.165) is 64.7 Å². The molecular formula is C22H42N4O2. The maximum atomic E-state index is 11.8. The van der Waals surface area contributed by atoms with Gasteiger partial charge in [0.25, 0.3) is 0 Å². The smallest absolute Gasteiger partial charge is 0.237 e. The topological polar surface area (TPSA) is 82.3 Å². The molecule has 0 saturated carbocycles. The fourth-order valence-corrected chi connectivity index (χ4v) is 4.15. The SMILES string of the molecule is O=C(NCCCCCCCCCCCCNC(=O)C1CCCN1)C1CCCN1. The van der Waals surface area contributed by atoms with E-state index in [1.807, 2.05) is 0 Å². The van der Waals surface area contributed by atoms with Gasteiger partial charge in [0.15, 0.2) is 0 Å². The van der Waals surface area contributed by atoms with E-state index >= 15 is 0 Å².